The number of nitrogens with two attached hydrogens (primary N) is 1. The molecule has 5 nitrogen and oxygen atoms in total. The largest absolute Gasteiger partial charge is 0.489 e. The van der Waals surface area contributed by atoms with Gasteiger partial charge in [0.05, 0.1) is 17.9 Å². The highest BCUT2D eigenvalue weighted by molar-refractivity contribution is 5.54. The van der Waals surface area contributed by atoms with Crippen LogP contribution < -0.4 is 15.8 Å². The second kappa shape index (κ2) is 7.64. The summed E-state index contributed by atoms with van der Waals surface area (Å²) >= 11 is 0. The SMILES string of the molecule is CC(C)Oc1ccc(C(O)CCN2CCNCC2)cc1N. The van der Waals surface area contributed by atoms with Crippen molar-refractivity contribution in [1.82, 2.24) is 10.2 Å². The normalized spacial score (nSPS) is 17.9. The van der Waals surface area contributed by atoms with Crippen LogP contribution in [0.3, 0.4) is 0 Å². The van der Waals surface area contributed by atoms with E-state index in [1.807, 2.05) is 32.0 Å². The van der Waals surface area contributed by atoms with Gasteiger partial charge in [-0.2, -0.15) is 0 Å². The second-order valence-corrected chi connectivity index (χ2v) is 5.86. The van der Waals surface area contributed by atoms with E-state index in [-0.39, 0.29) is 6.10 Å². The molecular weight excluding hydrogens is 266 g/mol. The highest BCUT2D eigenvalue weighted by Crippen LogP contribution is 2.27. The van der Waals surface area contributed by atoms with Gasteiger partial charge in [0.15, 0.2) is 0 Å². The van der Waals surface area contributed by atoms with Crippen molar-refractivity contribution in [3.63, 3.8) is 0 Å². The molecular formula is C16H27N3O2. The third kappa shape index (κ3) is 4.88. The number of ether oxygens (including phenoxy) is 1. The van der Waals surface area contributed by atoms with E-state index in [4.69, 9.17) is 10.5 Å². The van der Waals surface area contributed by atoms with Gasteiger partial charge in [0, 0.05) is 32.7 Å². The molecule has 0 saturated carbocycles. The lowest BCUT2D eigenvalue weighted by Crippen LogP contribution is -2.44. The fourth-order valence-electron chi connectivity index (χ4n) is 2.54. The molecule has 0 aromatic heterocycles. The number of benzene rings is 1. The summed E-state index contributed by atoms with van der Waals surface area (Å²) in [5.41, 5.74) is 7.44. The fraction of sp³-hybridized carbons (Fsp3) is 0.625. The number of nitrogen functional groups attached to an aromatic ring is 1. The Kier molecular flexibility index (Phi) is 5.85. The molecule has 4 N–H and O–H groups in total. The summed E-state index contributed by atoms with van der Waals surface area (Å²) < 4.78 is 5.61. The van der Waals surface area contributed by atoms with Gasteiger partial charge in [-0.05, 0) is 38.0 Å². The first-order valence-electron chi connectivity index (χ1n) is 7.73. The molecule has 1 aromatic rings. The summed E-state index contributed by atoms with van der Waals surface area (Å²) in [6, 6.07) is 5.56. The van der Waals surface area contributed by atoms with Crippen molar-refractivity contribution < 1.29 is 9.84 Å². The van der Waals surface area contributed by atoms with E-state index in [1.165, 1.54) is 0 Å². The average molecular weight is 293 g/mol. The molecule has 1 saturated heterocycles. The standard InChI is InChI=1S/C16H27N3O2/c1-12(2)21-16-4-3-13(11-14(16)17)15(20)5-8-19-9-6-18-7-10-19/h3-4,11-12,15,18,20H,5-10,17H2,1-2H3. The van der Waals surface area contributed by atoms with Gasteiger partial charge in [0.1, 0.15) is 5.75 Å². The van der Waals surface area contributed by atoms with E-state index in [9.17, 15) is 5.11 Å². The first-order valence-corrected chi connectivity index (χ1v) is 7.73. The smallest absolute Gasteiger partial charge is 0.142 e. The van der Waals surface area contributed by atoms with Crippen LogP contribution in [-0.2, 0) is 0 Å². The molecule has 1 aliphatic rings. The molecule has 1 aromatic carbocycles. The molecule has 1 atom stereocenters. The minimum atomic E-state index is -0.477. The van der Waals surface area contributed by atoms with Crippen LogP contribution in [0.1, 0.15) is 31.9 Å². The van der Waals surface area contributed by atoms with Gasteiger partial charge in [-0.25, -0.2) is 0 Å². The van der Waals surface area contributed by atoms with E-state index in [0.717, 1.165) is 44.7 Å². The van der Waals surface area contributed by atoms with Gasteiger partial charge in [-0.3, -0.25) is 0 Å². The maximum atomic E-state index is 10.3. The molecule has 5 heteroatoms. The number of nitrogens with one attached hydrogen (secondary N) is 1. The van der Waals surface area contributed by atoms with Gasteiger partial charge in [-0.1, -0.05) is 6.07 Å². The zero-order valence-corrected chi connectivity index (χ0v) is 13.0. The second-order valence-electron chi connectivity index (χ2n) is 5.86. The molecule has 118 valence electrons. The zero-order valence-electron chi connectivity index (χ0n) is 13.0. The van der Waals surface area contributed by atoms with Crippen LogP contribution >= 0.6 is 0 Å². The van der Waals surface area contributed by atoms with Crippen LogP contribution in [0.5, 0.6) is 5.75 Å². The molecule has 0 aliphatic carbocycles. The fourth-order valence-corrected chi connectivity index (χ4v) is 2.54. The Morgan fingerprint density at radius 3 is 2.67 bits per heavy atom. The van der Waals surface area contributed by atoms with Crippen LogP contribution in [-0.4, -0.2) is 48.8 Å². The minimum absolute atomic E-state index is 0.0933. The van der Waals surface area contributed by atoms with Gasteiger partial charge >= 0.3 is 0 Å². The average Bonchev–Trinajstić information content (AvgIpc) is 2.47. The number of nitrogens with zero attached hydrogens (tertiary/aromatic N) is 1. The predicted molar refractivity (Wildman–Crippen MR) is 85.5 cm³/mol. The Morgan fingerprint density at radius 2 is 2.05 bits per heavy atom. The molecule has 1 aliphatic heterocycles. The number of hydrogen-bond acceptors (Lipinski definition) is 5. The van der Waals surface area contributed by atoms with Gasteiger partial charge in [-0.15, -0.1) is 0 Å². The van der Waals surface area contributed by atoms with E-state index < -0.39 is 6.10 Å². The van der Waals surface area contributed by atoms with Crippen LogP contribution in [0, 0.1) is 0 Å². The maximum absolute atomic E-state index is 10.3. The molecule has 1 fully saturated rings. The Labute approximate surface area is 127 Å². The topological polar surface area (TPSA) is 70.8 Å². The van der Waals surface area contributed by atoms with Crippen LogP contribution in [0.2, 0.25) is 0 Å². The summed E-state index contributed by atoms with van der Waals surface area (Å²) in [4.78, 5) is 2.37. The number of hydrogen-bond donors (Lipinski definition) is 3. The van der Waals surface area contributed by atoms with Crippen molar-refractivity contribution >= 4 is 5.69 Å². The lowest BCUT2D eigenvalue weighted by Gasteiger charge is -2.28. The highest BCUT2D eigenvalue weighted by atomic mass is 16.5. The summed E-state index contributed by atoms with van der Waals surface area (Å²) in [5.74, 6) is 0.683. The monoisotopic (exact) mass is 293 g/mol. The van der Waals surface area contributed by atoms with Gasteiger partial charge in [0.2, 0.25) is 0 Å². The van der Waals surface area contributed by atoms with Crippen LogP contribution in [0.25, 0.3) is 0 Å². The quantitative estimate of drug-likeness (QED) is 0.691. The van der Waals surface area contributed by atoms with Crippen molar-refractivity contribution in [3.8, 4) is 5.75 Å². The Morgan fingerprint density at radius 1 is 1.33 bits per heavy atom. The third-order valence-electron chi connectivity index (χ3n) is 3.71. The Balaban J connectivity index is 1.89. The minimum Gasteiger partial charge on any atom is -0.489 e. The predicted octanol–water partition coefficient (Wildman–Crippen LogP) is 1.38. The van der Waals surface area contributed by atoms with Crippen molar-refractivity contribution in [3.05, 3.63) is 23.8 Å². The lowest BCUT2D eigenvalue weighted by molar-refractivity contribution is 0.136. The summed E-state index contributed by atoms with van der Waals surface area (Å²) in [6.07, 6.45) is 0.343. The third-order valence-corrected chi connectivity index (χ3v) is 3.71. The number of anilines is 1. The molecule has 1 heterocycles. The van der Waals surface area contributed by atoms with Crippen LogP contribution in [0.4, 0.5) is 5.69 Å². The van der Waals surface area contributed by atoms with Crippen molar-refractivity contribution in [2.75, 3.05) is 38.5 Å². The van der Waals surface area contributed by atoms with Gasteiger partial charge < -0.3 is 25.8 Å². The van der Waals surface area contributed by atoms with Crippen molar-refractivity contribution in [2.45, 2.75) is 32.5 Å². The highest BCUT2D eigenvalue weighted by Gasteiger charge is 2.14. The van der Waals surface area contributed by atoms with E-state index in [1.54, 1.807) is 0 Å². The molecule has 0 amide bonds. The van der Waals surface area contributed by atoms with Crippen molar-refractivity contribution in [2.24, 2.45) is 0 Å². The maximum Gasteiger partial charge on any atom is 0.142 e. The molecule has 0 spiro atoms. The molecule has 0 radical (unpaired) electrons. The zero-order chi connectivity index (χ0) is 15.2. The lowest BCUT2D eigenvalue weighted by atomic mass is 10.0. The molecule has 21 heavy (non-hydrogen) atoms. The summed E-state index contributed by atoms with van der Waals surface area (Å²) in [6.45, 7) is 9.01. The van der Waals surface area contributed by atoms with E-state index in [0.29, 0.717) is 11.4 Å². The van der Waals surface area contributed by atoms with Crippen LogP contribution in [0.15, 0.2) is 18.2 Å². The number of aliphatic hydroxyl groups is 1. The Bertz CT molecular complexity index is 445. The number of piperazine rings is 1. The molecule has 2 rings (SSSR count). The van der Waals surface area contributed by atoms with E-state index in [2.05, 4.69) is 10.2 Å². The first-order chi connectivity index (χ1) is 10.1. The summed E-state index contributed by atoms with van der Waals surface area (Å²) in [7, 11) is 0. The Hall–Kier alpha value is -1.30. The van der Waals surface area contributed by atoms with Gasteiger partial charge in [0.25, 0.3) is 0 Å². The summed E-state index contributed by atoms with van der Waals surface area (Å²) in [5, 5.41) is 13.6. The van der Waals surface area contributed by atoms with E-state index >= 15 is 0 Å². The number of rotatable bonds is 6. The number of aliphatic hydroxyl groups excluding tert-OH is 1. The molecule has 0 bridgehead atoms. The molecule has 1 unspecified atom stereocenters. The first kappa shape index (κ1) is 16.1. The van der Waals surface area contributed by atoms with Crippen molar-refractivity contribution in [1.29, 1.82) is 0 Å².